The van der Waals surface area contributed by atoms with Gasteiger partial charge in [-0.25, -0.2) is 0 Å². The van der Waals surface area contributed by atoms with Crippen molar-refractivity contribution in [3.05, 3.63) is 11.8 Å². The molecule has 18 heavy (non-hydrogen) atoms. The predicted molar refractivity (Wildman–Crippen MR) is 63.2 cm³/mol. The first-order valence-electron chi connectivity index (χ1n) is 6.62. The Morgan fingerprint density at radius 1 is 1.00 bits per heavy atom. The second-order valence-corrected chi connectivity index (χ2v) is 4.81. The Labute approximate surface area is 106 Å². The third-order valence-electron chi connectivity index (χ3n) is 3.52. The summed E-state index contributed by atoms with van der Waals surface area (Å²) in [6, 6.07) is 0. The first kappa shape index (κ1) is 12.1. The lowest BCUT2D eigenvalue weighted by Gasteiger charge is -2.24. The summed E-state index contributed by atoms with van der Waals surface area (Å²) in [6.45, 7) is 5.79. The van der Waals surface area contributed by atoms with Crippen molar-refractivity contribution in [3.8, 4) is 0 Å². The van der Waals surface area contributed by atoms with E-state index in [2.05, 4.69) is 15.1 Å². The van der Waals surface area contributed by atoms with Gasteiger partial charge >= 0.3 is 0 Å². The molecule has 0 N–H and O–H groups in total. The Hall–Kier alpha value is -0.980. The highest BCUT2D eigenvalue weighted by Gasteiger charge is 2.22. The van der Waals surface area contributed by atoms with Crippen LogP contribution in [-0.2, 0) is 16.0 Å². The van der Waals surface area contributed by atoms with E-state index in [1.165, 1.54) is 0 Å². The molecule has 2 aliphatic rings. The highest BCUT2D eigenvalue weighted by Crippen LogP contribution is 2.25. The lowest BCUT2D eigenvalue weighted by Crippen LogP contribution is -2.35. The van der Waals surface area contributed by atoms with Crippen molar-refractivity contribution in [1.29, 1.82) is 0 Å². The van der Waals surface area contributed by atoms with Crippen LogP contribution in [0.5, 0.6) is 0 Å². The quantitative estimate of drug-likeness (QED) is 0.794. The Kier molecular flexibility index (Phi) is 3.87. The van der Waals surface area contributed by atoms with Gasteiger partial charge in [-0.2, -0.15) is 0 Å². The third-order valence-corrected chi connectivity index (χ3v) is 3.52. The molecule has 0 atom stereocenters. The fourth-order valence-corrected chi connectivity index (χ4v) is 2.39. The zero-order valence-electron chi connectivity index (χ0n) is 10.5. The third kappa shape index (κ3) is 2.88. The Morgan fingerprint density at radius 2 is 1.72 bits per heavy atom. The van der Waals surface area contributed by atoms with E-state index < -0.39 is 0 Å². The van der Waals surface area contributed by atoms with Gasteiger partial charge in [0.05, 0.1) is 19.8 Å². The van der Waals surface area contributed by atoms with Gasteiger partial charge < -0.3 is 13.9 Å². The molecule has 1 aromatic heterocycles. The zero-order valence-corrected chi connectivity index (χ0v) is 10.5. The van der Waals surface area contributed by atoms with Crippen LogP contribution >= 0.6 is 0 Å². The van der Waals surface area contributed by atoms with Gasteiger partial charge in [-0.05, 0) is 12.8 Å². The van der Waals surface area contributed by atoms with Crippen LogP contribution in [0.4, 0.5) is 0 Å². The molecule has 1 aromatic rings. The Bertz CT molecular complexity index is 370. The highest BCUT2D eigenvalue weighted by atomic mass is 16.5. The second kappa shape index (κ2) is 5.77. The van der Waals surface area contributed by atoms with Gasteiger partial charge in [-0.15, -0.1) is 10.2 Å². The maximum atomic E-state index is 5.77. The molecule has 0 unspecified atom stereocenters. The summed E-state index contributed by atoms with van der Waals surface area (Å²) in [6.07, 6.45) is 1.97. The van der Waals surface area contributed by atoms with E-state index in [9.17, 15) is 0 Å². The normalized spacial score (nSPS) is 23.3. The number of hydrogen-bond donors (Lipinski definition) is 0. The van der Waals surface area contributed by atoms with Crippen molar-refractivity contribution < 1.29 is 13.9 Å². The minimum Gasteiger partial charge on any atom is -0.424 e. The molecule has 0 bridgehead atoms. The van der Waals surface area contributed by atoms with Gasteiger partial charge in [0.15, 0.2) is 0 Å². The molecule has 0 aliphatic carbocycles. The van der Waals surface area contributed by atoms with Crippen LogP contribution in [0.15, 0.2) is 4.42 Å². The summed E-state index contributed by atoms with van der Waals surface area (Å²) in [5.74, 6) is 1.88. The molecule has 0 saturated carbocycles. The molecule has 0 amide bonds. The van der Waals surface area contributed by atoms with Crippen LogP contribution < -0.4 is 0 Å². The summed E-state index contributed by atoms with van der Waals surface area (Å²) in [5.41, 5.74) is 0. The molecule has 2 aliphatic heterocycles. The molecule has 6 nitrogen and oxygen atoms in total. The van der Waals surface area contributed by atoms with Crippen LogP contribution in [0, 0.1) is 0 Å². The van der Waals surface area contributed by atoms with Crippen molar-refractivity contribution >= 4 is 0 Å². The predicted octanol–water partition coefficient (Wildman–Crippen LogP) is 0.796. The molecule has 100 valence electrons. The maximum Gasteiger partial charge on any atom is 0.230 e. The lowest BCUT2D eigenvalue weighted by molar-refractivity contribution is 0.0300. The molecule has 6 heteroatoms. The first-order valence-corrected chi connectivity index (χ1v) is 6.62. The maximum absolute atomic E-state index is 5.77. The van der Waals surface area contributed by atoms with Crippen molar-refractivity contribution in [2.75, 3.05) is 39.5 Å². The second-order valence-electron chi connectivity index (χ2n) is 4.81. The van der Waals surface area contributed by atoms with E-state index in [-0.39, 0.29) is 0 Å². The van der Waals surface area contributed by atoms with Crippen LogP contribution in [0.1, 0.15) is 30.5 Å². The number of aromatic nitrogens is 2. The van der Waals surface area contributed by atoms with E-state index in [1.54, 1.807) is 0 Å². The molecule has 2 fully saturated rings. The molecule has 0 spiro atoms. The lowest BCUT2D eigenvalue weighted by atomic mass is 10.0. The first-order chi connectivity index (χ1) is 8.92. The fourth-order valence-electron chi connectivity index (χ4n) is 2.39. The number of hydrogen-bond acceptors (Lipinski definition) is 6. The van der Waals surface area contributed by atoms with Crippen LogP contribution in [0.25, 0.3) is 0 Å². The minimum absolute atomic E-state index is 0.379. The SMILES string of the molecule is C1CC(c2nnc(CN3CCOCC3)o2)CCO1. The van der Waals surface area contributed by atoms with Crippen molar-refractivity contribution in [3.63, 3.8) is 0 Å². The summed E-state index contributed by atoms with van der Waals surface area (Å²) >= 11 is 0. The summed E-state index contributed by atoms with van der Waals surface area (Å²) in [4.78, 5) is 2.28. The topological polar surface area (TPSA) is 60.6 Å². The van der Waals surface area contributed by atoms with E-state index in [1.807, 2.05) is 0 Å². The van der Waals surface area contributed by atoms with E-state index in [0.717, 1.165) is 70.7 Å². The number of rotatable bonds is 3. The largest absolute Gasteiger partial charge is 0.424 e. The van der Waals surface area contributed by atoms with Gasteiger partial charge in [-0.3, -0.25) is 4.90 Å². The molecule has 0 aromatic carbocycles. The van der Waals surface area contributed by atoms with E-state index in [0.29, 0.717) is 5.92 Å². The average molecular weight is 253 g/mol. The summed E-state index contributed by atoms with van der Waals surface area (Å²) in [7, 11) is 0. The Balaban J connectivity index is 1.58. The average Bonchev–Trinajstić information content (AvgIpc) is 2.89. The van der Waals surface area contributed by atoms with E-state index >= 15 is 0 Å². The van der Waals surface area contributed by atoms with Crippen molar-refractivity contribution in [2.45, 2.75) is 25.3 Å². The zero-order chi connectivity index (χ0) is 12.2. The van der Waals surface area contributed by atoms with Gasteiger partial charge in [0.2, 0.25) is 11.8 Å². The van der Waals surface area contributed by atoms with E-state index in [4.69, 9.17) is 13.9 Å². The molecular weight excluding hydrogens is 234 g/mol. The molecular formula is C12H19N3O3. The monoisotopic (exact) mass is 253 g/mol. The fraction of sp³-hybridized carbons (Fsp3) is 0.833. The smallest absolute Gasteiger partial charge is 0.230 e. The van der Waals surface area contributed by atoms with Gasteiger partial charge in [0.1, 0.15) is 0 Å². The summed E-state index contributed by atoms with van der Waals surface area (Å²) < 4.78 is 16.4. The molecule has 3 heterocycles. The standard InChI is InChI=1S/C12H19N3O3/c1-5-16-6-2-10(1)12-14-13-11(18-12)9-15-3-7-17-8-4-15/h10H,1-9H2. The van der Waals surface area contributed by atoms with Gasteiger partial charge in [0, 0.05) is 32.2 Å². The minimum atomic E-state index is 0.379. The number of nitrogens with zero attached hydrogens (tertiary/aromatic N) is 3. The van der Waals surface area contributed by atoms with Crippen molar-refractivity contribution in [1.82, 2.24) is 15.1 Å². The van der Waals surface area contributed by atoms with Crippen molar-refractivity contribution in [2.24, 2.45) is 0 Å². The molecule has 0 radical (unpaired) electrons. The number of morpholine rings is 1. The molecule has 2 saturated heterocycles. The summed E-state index contributed by atoms with van der Waals surface area (Å²) in [5, 5.41) is 8.32. The number of ether oxygens (including phenoxy) is 2. The highest BCUT2D eigenvalue weighted by molar-refractivity contribution is 4.93. The van der Waals surface area contributed by atoms with Gasteiger partial charge in [-0.1, -0.05) is 0 Å². The molecule has 3 rings (SSSR count). The van der Waals surface area contributed by atoms with Gasteiger partial charge in [0.25, 0.3) is 0 Å². The Morgan fingerprint density at radius 3 is 2.50 bits per heavy atom. The van der Waals surface area contributed by atoms with Crippen LogP contribution in [0.3, 0.4) is 0 Å². The van der Waals surface area contributed by atoms with Crippen LogP contribution in [0.2, 0.25) is 0 Å². The van der Waals surface area contributed by atoms with Crippen LogP contribution in [-0.4, -0.2) is 54.6 Å².